The molecule has 1 aliphatic carbocycles. The van der Waals surface area contributed by atoms with Gasteiger partial charge >= 0.3 is 0 Å². The van der Waals surface area contributed by atoms with Gasteiger partial charge in [-0.05, 0) is 28.8 Å². The number of aromatic nitrogens is 2. The lowest BCUT2D eigenvalue weighted by Crippen LogP contribution is -1.93. The van der Waals surface area contributed by atoms with Gasteiger partial charge in [0, 0.05) is 5.92 Å². The quantitative estimate of drug-likeness (QED) is 0.869. The van der Waals surface area contributed by atoms with Crippen LogP contribution in [0.1, 0.15) is 37.3 Å². The van der Waals surface area contributed by atoms with Crippen LogP contribution < -0.4 is 4.74 Å². The molecule has 0 atom stereocenters. The molecule has 2 rings (SSSR count). The molecular formula is C9H13BrN2O. The van der Waals surface area contributed by atoms with Crippen LogP contribution in [0.2, 0.25) is 0 Å². The zero-order valence-electron chi connectivity index (χ0n) is 7.64. The van der Waals surface area contributed by atoms with Crippen molar-refractivity contribution in [2.24, 2.45) is 0 Å². The minimum absolute atomic E-state index is 0.644. The number of halogens is 1. The van der Waals surface area contributed by atoms with Gasteiger partial charge in [0.1, 0.15) is 4.47 Å². The molecule has 1 fully saturated rings. The summed E-state index contributed by atoms with van der Waals surface area (Å²) >= 11 is 3.50. The smallest absolute Gasteiger partial charge is 0.247 e. The zero-order valence-corrected chi connectivity index (χ0v) is 9.23. The molecule has 0 amide bonds. The number of hydrogen-bond donors (Lipinski definition) is 1. The fourth-order valence-corrected chi connectivity index (χ4v) is 2.61. The Hall–Kier alpha value is -0.510. The molecule has 13 heavy (non-hydrogen) atoms. The van der Waals surface area contributed by atoms with Crippen LogP contribution in [0.4, 0.5) is 0 Å². The van der Waals surface area contributed by atoms with E-state index in [1.54, 1.807) is 7.11 Å². The van der Waals surface area contributed by atoms with Gasteiger partial charge in [0.25, 0.3) is 0 Å². The van der Waals surface area contributed by atoms with E-state index in [1.165, 1.54) is 31.4 Å². The standard InChI is InChI=1S/C9H13BrN2O/c1-13-9-7(10)8(11-12-9)6-4-2-3-5-6/h6H,2-5H2,1H3,(H,11,12). The molecule has 0 unspecified atom stereocenters. The van der Waals surface area contributed by atoms with Crippen LogP contribution >= 0.6 is 15.9 Å². The van der Waals surface area contributed by atoms with Gasteiger partial charge in [0.15, 0.2) is 0 Å². The van der Waals surface area contributed by atoms with Crippen LogP contribution in [0.3, 0.4) is 0 Å². The van der Waals surface area contributed by atoms with Gasteiger partial charge in [-0.3, -0.25) is 5.10 Å². The number of methoxy groups -OCH3 is 1. The molecule has 1 aromatic rings. The number of nitrogens with one attached hydrogen (secondary N) is 1. The van der Waals surface area contributed by atoms with Crippen LogP contribution in [0.25, 0.3) is 0 Å². The zero-order chi connectivity index (χ0) is 9.26. The summed E-state index contributed by atoms with van der Waals surface area (Å²) in [6.45, 7) is 0. The highest BCUT2D eigenvalue weighted by Crippen LogP contribution is 2.39. The number of hydrogen-bond acceptors (Lipinski definition) is 2. The van der Waals surface area contributed by atoms with E-state index < -0.39 is 0 Å². The van der Waals surface area contributed by atoms with Crippen molar-refractivity contribution in [1.29, 1.82) is 0 Å². The number of aromatic amines is 1. The lowest BCUT2D eigenvalue weighted by Gasteiger charge is -2.05. The molecule has 1 saturated carbocycles. The number of H-pyrrole nitrogens is 1. The molecule has 4 heteroatoms. The molecular weight excluding hydrogens is 232 g/mol. The fraction of sp³-hybridized carbons (Fsp3) is 0.667. The Bertz CT molecular complexity index is 292. The van der Waals surface area contributed by atoms with Crippen LogP contribution in [0.15, 0.2) is 4.47 Å². The van der Waals surface area contributed by atoms with Crippen molar-refractivity contribution in [2.45, 2.75) is 31.6 Å². The van der Waals surface area contributed by atoms with Gasteiger partial charge in [-0.1, -0.05) is 12.8 Å². The third-order valence-electron chi connectivity index (χ3n) is 2.66. The Kier molecular flexibility index (Phi) is 2.58. The minimum Gasteiger partial charge on any atom is -0.479 e. The third-order valence-corrected chi connectivity index (χ3v) is 3.43. The van der Waals surface area contributed by atoms with Gasteiger partial charge in [-0.15, -0.1) is 5.10 Å². The van der Waals surface area contributed by atoms with Crippen molar-refractivity contribution in [1.82, 2.24) is 10.2 Å². The van der Waals surface area contributed by atoms with Crippen molar-refractivity contribution in [3.05, 3.63) is 10.2 Å². The maximum absolute atomic E-state index is 5.10. The predicted octanol–water partition coefficient (Wildman–Crippen LogP) is 2.84. The van der Waals surface area contributed by atoms with Crippen LogP contribution in [0, 0.1) is 0 Å². The molecule has 1 heterocycles. The molecule has 0 aromatic carbocycles. The molecule has 0 spiro atoms. The maximum Gasteiger partial charge on any atom is 0.247 e. The lowest BCUT2D eigenvalue weighted by molar-refractivity contribution is 0.394. The molecule has 1 aromatic heterocycles. The first-order valence-electron chi connectivity index (χ1n) is 4.60. The Morgan fingerprint density at radius 2 is 2.15 bits per heavy atom. The molecule has 3 nitrogen and oxygen atoms in total. The third kappa shape index (κ3) is 1.59. The Labute approximate surface area is 86.0 Å². The first-order valence-corrected chi connectivity index (χ1v) is 5.40. The molecule has 0 saturated heterocycles. The van der Waals surface area contributed by atoms with Gasteiger partial charge in [0.05, 0.1) is 12.8 Å². The molecule has 1 aliphatic rings. The van der Waals surface area contributed by atoms with E-state index in [4.69, 9.17) is 4.74 Å². The first-order chi connectivity index (χ1) is 6.33. The summed E-state index contributed by atoms with van der Waals surface area (Å²) in [6.07, 6.45) is 5.20. The summed E-state index contributed by atoms with van der Waals surface area (Å²) in [5.41, 5.74) is 1.20. The highest BCUT2D eigenvalue weighted by atomic mass is 79.9. The molecule has 72 valence electrons. The maximum atomic E-state index is 5.10. The number of rotatable bonds is 2. The molecule has 0 radical (unpaired) electrons. The second kappa shape index (κ2) is 3.70. The van der Waals surface area contributed by atoms with Gasteiger partial charge in [-0.25, -0.2) is 0 Å². The number of nitrogens with zero attached hydrogens (tertiary/aromatic N) is 1. The molecule has 0 aliphatic heterocycles. The largest absolute Gasteiger partial charge is 0.479 e. The van der Waals surface area contributed by atoms with E-state index in [2.05, 4.69) is 26.1 Å². The predicted molar refractivity (Wildman–Crippen MR) is 54.0 cm³/mol. The van der Waals surface area contributed by atoms with E-state index in [0.717, 1.165) is 4.47 Å². The van der Waals surface area contributed by atoms with E-state index in [0.29, 0.717) is 11.8 Å². The average Bonchev–Trinajstić information content (AvgIpc) is 2.72. The van der Waals surface area contributed by atoms with Crippen molar-refractivity contribution < 1.29 is 4.74 Å². The van der Waals surface area contributed by atoms with E-state index in [-0.39, 0.29) is 0 Å². The van der Waals surface area contributed by atoms with Gasteiger partial charge in [-0.2, -0.15) is 0 Å². The van der Waals surface area contributed by atoms with Crippen molar-refractivity contribution >= 4 is 15.9 Å². The average molecular weight is 245 g/mol. The van der Waals surface area contributed by atoms with Crippen molar-refractivity contribution in [3.63, 3.8) is 0 Å². The summed E-state index contributed by atoms with van der Waals surface area (Å²) < 4.78 is 6.10. The Balaban J connectivity index is 2.24. The summed E-state index contributed by atoms with van der Waals surface area (Å²) in [4.78, 5) is 0. The number of ether oxygens (including phenoxy) is 1. The van der Waals surface area contributed by atoms with Crippen LogP contribution in [-0.2, 0) is 0 Å². The lowest BCUT2D eigenvalue weighted by atomic mass is 10.1. The second-order valence-corrected chi connectivity index (χ2v) is 4.23. The SMILES string of the molecule is COc1n[nH]c(C2CCCC2)c1Br. The highest BCUT2D eigenvalue weighted by Gasteiger charge is 2.23. The normalized spacial score (nSPS) is 18.0. The van der Waals surface area contributed by atoms with E-state index in [9.17, 15) is 0 Å². The highest BCUT2D eigenvalue weighted by molar-refractivity contribution is 9.10. The minimum atomic E-state index is 0.644. The second-order valence-electron chi connectivity index (χ2n) is 3.44. The van der Waals surface area contributed by atoms with Crippen molar-refractivity contribution in [3.8, 4) is 5.88 Å². The van der Waals surface area contributed by atoms with Gasteiger partial charge in [0.2, 0.25) is 5.88 Å². The topological polar surface area (TPSA) is 37.9 Å². The van der Waals surface area contributed by atoms with Crippen LogP contribution in [0.5, 0.6) is 5.88 Å². The summed E-state index contributed by atoms with van der Waals surface area (Å²) in [5.74, 6) is 1.31. The monoisotopic (exact) mass is 244 g/mol. The van der Waals surface area contributed by atoms with Gasteiger partial charge < -0.3 is 4.74 Å². The van der Waals surface area contributed by atoms with Crippen molar-refractivity contribution in [2.75, 3.05) is 7.11 Å². The first kappa shape index (κ1) is 9.06. The summed E-state index contributed by atoms with van der Waals surface area (Å²) in [7, 11) is 1.64. The summed E-state index contributed by atoms with van der Waals surface area (Å²) in [5, 5.41) is 7.13. The van der Waals surface area contributed by atoms with E-state index in [1.807, 2.05) is 0 Å². The van der Waals surface area contributed by atoms with E-state index >= 15 is 0 Å². The summed E-state index contributed by atoms with van der Waals surface area (Å²) in [6, 6.07) is 0. The fourth-order valence-electron chi connectivity index (χ4n) is 1.94. The van der Waals surface area contributed by atoms with Crippen LogP contribution in [-0.4, -0.2) is 17.3 Å². The molecule has 0 bridgehead atoms. The Morgan fingerprint density at radius 3 is 2.69 bits per heavy atom. The Morgan fingerprint density at radius 1 is 1.46 bits per heavy atom. The molecule has 1 N–H and O–H groups in total.